The Bertz CT molecular complexity index is 572. The summed E-state index contributed by atoms with van der Waals surface area (Å²) < 4.78 is 2.84. The first-order chi connectivity index (χ1) is 6.34. The van der Waals surface area contributed by atoms with Gasteiger partial charge < -0.3 is 0 Å². The van der Waals surface area contributed by atoms with Crippen LogP contribution in [0.1, 0.15) is 4.88 Å². The number of benzene rings is 1. The van der Waals surface area contributed by atoms with Gasteiger partial charge in [-0.2, -0.15) is 0 Å². The van der Waals surface area contributed by atoms with Crippen LogP contribution in [-0.2, 0) is 0 Å². The first-order valence-corrected chi connectivity index (χ1v) is 5.90. The maximum Gasteiger partial charge on any atom is 0.0429 e. The third kappa shape index (κ3) is 1.02. The van der Waals surface area contributed by atoms with Crippen LogP contribution in [0, 0.1) is 6.92 Å². The van der Waals surface area contributed by atoms with Crippen molar-refractivity contribution in [2.75, 3.05) is 0 Å². The van der Waals surface area contributed by atoms with Crippen LogP contribution in [0.2, 0.25) is 0 Å². The number of aryl methyl sites for hydroxylation is 1. The Labute approximate surface area is 84.4 Å². The van der Waals surface area contributed by atoms with Gasteiger partial charge in [-0.15, -0.1) is 22.7 Å². The molecule has 0 amide bonds. The lowest BCUT2D eigenvalue weighted by molar-refractivity contribution is 1.66. The molecule has 13 heavy (non-hydrogen) atoms. The Balaban J connectivity index is 2.64. The highest BCUT2D eigenvalue weighted by atomic mass is 32.1. The summed E-state index contributed by atoms with van der Waals surface area (Å²) >= 11 is 3.71. The van der Waals surface area contributed by atoms with Crippen LogP contribution < -0.4 is 0 Å². The molecule has 0 saturated carbocycles. The highest BCUT2D eigenvalue weighted by Crippen LogP contribution is 2.34. The molecule has 0 aliphatic rings. The standard InChI is InChI=1S/C11H8S2/c1-7-6-9-10(13-7)3-2-8-4-5-12-11(8)9/h2-6H,1H3. The van der Waals surface area contributed by atoms with Gasteiger partial charge in [0.05, 0.1) is 0 Å². The topological polar surface area (TPSA) is 0 Å². The lowest BCUT2D eigenvalue weighted by Gasteiger charge is -1.90. The van der Waals surface area contributed by atoms with Gasteiger partial charge in [0.25, 0.3) is 0 Å². The van der Waals surface area contributed by atoms with E-state index in [2.05, 4.69) is 36.6 Å². The lowest BCUT2D eigenvalue weighted by Crippen LogP contribution is -1.62. The molecule has 2 aromatic heterocycles. The second-order valence-corrected chi connectivity index (χ2v) is 5.38. The molecule has 1 aromatic carbocycles. The van der Waals surface area contributed by atoms with Crippen molar-refractivity contribution < 1.29 is 0 Å². The van der Waals surface area contributed by atoms with E-state index in [1.165, 1.54) is 25.0 Å². The van der Waals surface area contributed by atoms with Crippen LogP contribution in [0.4, 0.5) is 0 Å². The molecule has 3 rings (SSSR count). The quantitative estimate of drug-likeness (QED) is 0.508. The zero-order valence-electron chi connectivity index (χ0n) is 7.20. The van der Waals surface area contributed by atoms with E-state index in [0.717, 1.165) is 0 Å². The van der Waals surface area contributed by atoms with Gasteiger partial charge >= 0.3 is 0 Å². The molecule has 0 nitrogen and oxygen atoms in total. The average molecular weight is 204 g/mol. The monoisotopic (exact) mass is 204 g/mol. The maximum absolute atomic E-state index is 2.29. The van der Waals surface area contributed by atoms with E-state index >= 15 is 0 Å². The maximum atomic E-state index is 2.29. The molecule has 0 N–H and O–H groups in total. The predicted molar refractivity (Wildman–Crippen MR) is 61.9 cm³/mol. The van der Waals surface area contributed by atoms with E-state index in [1.807, 2.05) is 22.7 Å². The van der Waals surface area contributed by atoms with Crippen molar-refractivity contribution in [3.05, 3.63) is 34.5 Å². The molecular formula is C11H8S2. The van der Waals surface area contributed by atoms with E-state index in [9.17, 15) is 0 Å². The third-order valence-electron chi connectivity index (χ3n) is 2.24. The SMILES string of the molecule is Cc1cc2c(ccc3ccsc32)s1. The highest BCUT2D eigenvalue weighted by Gasteiger charge is 2.03. The van der Waals surface area contributed by atoms with Crippen LogP contribution in [0.5, 0.6) is 0 Å². The van der Waals surface area contributed by atoms with E-state index < -0.39 is 0 Å². The second-order valence-electron chi connectivity index (χ2n) is 3.17. The first kappa shape index (κ1) is 7.54. The molecule has 0 saturated heterocycles. The largest absolute Gasteiger partial charge is 0.143 e. The van der Waals surface area contributed by atoms with Crippen LogP contribution in [0.3, 0.4) is 0 Å². The molecule has 0 atom stereocenters. The van der Waals surface area contributed by atoms with Crippen molar-refractivity contribution in [3.8, 4) is 0 Å². The number of fused-ring (bicyclic) bond motifs is 3. The molecule has 2 heteroatoms. The minimum Gasteiger partial charge on any atom is -0.143 e. The zero-order valence-corrected chi connectivity index (χ0v) is 8.84. The van der Waals surface area contributed by atoms with Crippen molar-refractivity contribution >= 4 is 42.8 Å². The van der Waals surface area contributed by atoms with Crippen molar-refractivity contribution in [1.82, 2.24) is 0 Å². The van der Waals surface area contributed by atoms with E-state index in [4.69, 9.17) is 0 Å². The van der Waals surface area contributed by atoms with Gasteiger partial charge in [-0.1, -0.05) is 6.07 Å². The zero-order chi connectivity index (χ0) is 8.84. The molecule has 3 aromatic rings. The van der Waals surface area contributed by atoms with E-state index in [1.54, 1.807) is 0 Å². The molecule has 64 valence electrons. The fourth-order valence-electron chi connectivity index (χ4n) is 1.67. The molecular weight excluding hydrogens is 196 g/mol. The van der Waals surface area contributed by atoms with Crippen molar-refractivity contribution in [2.24, 2.45) is 0 Å². The highest BCUT2D eigenvalue weighted by molar-refractivity contribution is 7.22. The lowest BCUT2D eigenvalue weighted by atomic mass is 10.2. The summed E-state index contributed by atoms with van der Waals surface area (Å²) in [6, 6.07) is 8.91. The normalized spacial score (nSPS) is 11.5. The molecule has 0 bridgehead atoms. The molecule has 0 radical (unpaired) electrons. The molecule has 0 aliphatic heterocycles. The Morgan fingerprint density at radius 3 is 3.00 bits per heavy atom. The number of rotatable bonds is 0. The average Bonchev–Trinajstić information content (AvgIpc) is 2.65. The van der Waals surface area contributed by atoms with Gasteiger partial charge in [0.1, 0.15) is 0 Å². The summed E-state index contributed by atoms with van der Waals surface area (Å²) in [6.45, 7) is 2.17. The Kier molecular flexibility index (Phi) is 1.49. The predicted octanol–water partition coefficient (Wildman–Crippen LogP) is 4.42. The fraction of sp³-hybridized carbons (Fsp3) is 0.0909. The van der Waals surface area contributed by atoms with Crippen LogP contribution in [0.25, 0.3) is 20.2 Å². The van der Waals surface area contributed by atoms with Gasteiger partial charge in [0, 0.05) is 19.7 Å². The summed E-state index contributed by atoms with van der Waals surface area (Å²) in [4.78, 5) is 1.40. The number of hydrogen-bond donors (Lipinski definition) is 0. The van der Waals surface area contributed by atoms with E-state index in [-0.39, 0.29) is 0 Å². The second kappa shape index (κ2) is 2.56. The molecule has 0 aliphatic carbocycles. The Morgan fingerprint density at radius 2 is 2.08 bits per heavy atom. The fourth-order valence-corrected chi connectivity index (χ4v) is 3.58. The van der Waals surface area contributed by atoms with Gasteiger partial charge in [-0.3, -0.25) is 0 Å². The molecule has 0 spiro atoms. The number of thiophene rings is 2. The van der Waals surface area contributed by atoms with Crippen molar-refractivity contribution in [1.29, 1.82) is 0 Å². The third-order valence-corrected chi connectivity index (χ3v) is 4.22. The van der Waals surface area contributed by atoms with Crippen LogP contribution in [-0.4, -0.2) is 0 Å². The van der Waals surface area contributed by atoms with Gasteiger partial charge in [-0.05, 0) is 35.9 Å². The molecule has 0 fully saturated rings. The molecule has 2 heterocycles. The van der Waals surface area contributed by atoms with Gasteiger partial charge in [0.2, 0.25) is 0 Å². The summed E-state index contributed by atoms with van der Waals surface area (Å²) in [5.41, 5.74) is 0. The summed E-state index contributed by atoms with van der Waals surface area (Å²) in [7, 11) is 0. The van der Waals surface area contributed by atoms with E-state index in [0.29, 0.717) is 0 Å². The van der Waals surface area contributed by atoms with Gasteiger partial charge in [0.15, 0.2) is 0 Å². The van der Waals surface area contributed by atoms with Crippen LogP contribution in [0.15, 0.2) is 29.6 Å². The summed E-state index contributed by atoms with van der Waals surface area (Å²) in [5, 5.41) is 4.96. The first-order valence-electron chi connectivity index (χ1n) is 4.21. The van der Waals surface area contributed by atoms with Crippen molar-refractivity contribution in [2.45, 2.75) is 6.92 Å². The molecule has 0 unspecified atom stereocenters. The van der Waals surface area contributed by atoms with Crippen molar-refractivity contribution in [3.63, 3.8) is 0 Å². The summed E-state index contributed by atoms with van der Waals surface area (Å²) in [6.07, 6.45) is 0. The Morgan fingerprint density at radius 1 is 1.15 bits per heavy atom. The number of hydrogen-bond acceptors (Lipinski definition) is 2. The minimum atomic E-state index is 1.37. The Hall–Kier alpha value is -0.860. The van der Waals surface area contributed by atoms with Crippen LogP contribution >= 0.6 is 22.7 Å². The smallest absolute Gasteiger partial charge is 0.0429 e. The summed E-state index contributed by atoms with van der Waals surface area (Å²) in [5.74, 6) is 0. The minimum absolute atomic E-state index is 1.37. The van der Waals surface area contributed by atoms with Gasteiger partial charge in [-0.25, -0.2) is 0 Å².